The zero-order chi connectivity index (χ0) is 13.9. The summed E-state index contributed by atoms with van der Waals surface area (Å²) in [4.78, 5) is 3.51. The Labute approximate surface area is 119 Å². The van der Waals surface area contributed by atoms with Crippen LogP contribution in [0.5, 0.6) is 0 Å². The van der Waals surface area contributed by atoms with Gasteiger partial charge in [0, 0.05) is 22.2 Å². The second kappa shape index (κ2) is 5.38. The molecular formula is C19H19N. The Morgan fingerprint density at radius 3 is 2.40 bits per heavy atom. The van der Waals surface area contributed by atoms with Gasteiger partial charge in [-0.3, -0.25) is 0 Å². The van der Waals surface area contributed by atoms with Crippen molar-refractivity contribution in [2.24, 2.45) is 0 Å². The van der Waals surface area contributed by atoms with Crippen LogP contribution >= 0.6 is 0 Å². The summed E-state index contributed by atoms with van der Waals surface area (Å²) in [6.07, 6.45) is 9.82. The summed E-state index contributed by atoms with van der Waals surface area (Å²) in [7, 11) is 0. The SMILES string of the molecule is C1=Cc2[nH]c3cc4ccccc4cc3c2C=CC1.CC. The van der Waals surface area contributed by atoms with Gasteiger partial charge >= 0.3 is 0 Å². The molecule has 0 saturated heterocycles. The first-order valence-electron chi connectivity index (χ1n) is 7.29. The number of hydrogen-bond acceptors (Lipinski definition) is 0. The average Bonchev–Trinajstić information content (AvgIpc) is 2.69. The highest BCUT2D eigenvalue weighted by atomic mass is 14.7. The van der Waals surface area contributed by atoms with Gasteiger partial charge < -0.3 is 4.98 Å². The van der Waals surface area contributed by atoms with Gasteiger partial charge in [0.2, 0.25) is 0 Å². The fourth-order valence-corrected chi connectivity index (χ4v) is 2.69. The summed E-state index contributed by atoms with van der Waals surface area (Å²) < 4.78 is 0. The van der Waals surface area contributed by atoms with E-state index in [9.17, 15) is 0 Å². The van der Waals surface area contributed by atoms with E-state index in [1.807, 2.05) is 13.8 Å². The van der Waals surface area contributed by atoms with Crippen molar-refractivity contribution < 1.29 is 0 Å². The van der Waals surface area contributed by atoms with E-state index in [0.29, 0.717) is 0 Å². The normalized spacial score (nSPS) is 12.9. The number of rotatable bonds is 0. The molecule has 0 radical (unpaired) electrons. The summed E-state index contributed by atoms with van der Waals surface area (Å²) in [5.74, 6) is 0. The Morgan fingerprint density at radius 1 is 0.900 bits per heavy atom. The molecule has 2 aromatic carbocycles. The lowest BCUT2D eigenvalue weighted by molar-refractivity contribution is 1.41. The maximum absolute atomic E-state index is 3.51. The van der Waals surface area contributed by atoms with E-state index in [0.717, 1.165) is 6.42 Å². The molecule has 0 fully saturated rings. The van der Waals surface area contributed by atoms with Crippen molar-refractivity contribution in [2.75, 3.05) is 0 Å². The number of hydrogen-bond donors (Lipinski definition) is 1. The summed E-state index contributed by atoms with van der Waals surface area (Å²) in [6, 6.07) is 13.0. The molecule has 1 aromatic heterocycles. The molecule has 0 aliphatic heterocycles. The van der Waals surface area contributed by atoms with E-state index >= 15 is 0 Å². The predicted octanol–water partition coefficient (Wildman–Crippen LogP) is 5.78. The van der Waals surface area contributed by atoms with Crippen LogP contribution in [-0.4, -0.2) is 4.98 Å². The van der Waals surface area contributed by atoms with Crippen molar-refractivity contribution in [3.63, 3.8) is 0 Å². The molecule has 0 saturated carbocycles. The van der Waals surface area contributed by atoms with Gasteiger partial charge in [-0.05, 0) is 35.4 Å². The molecule has 0 atom stereocenters. The van der Waals surface area contributed by atoms with Crippen molar-refractivity contribution in [2.45, 2.75) is 20.3 Å². The van der Waals surface area contributed by atoms with Crippen LogP contribution < -0.4 is 0 Å². The first-order valence-corrected chi connectivity index (χ1v) is 7.29. The molecule has 1 aliphatic rings. The predicted molar refractivity (Wildman–Crippen MR) is 89.8 cm³/mol. The van der Waals surface area contributed by atoms with E-state index in [1.54, 1.807) is 0 Å². The lowest BCUT2D eigenvalue weighted by Gasteiger charge is -1.98. The largest absolute Gasteiger partial charge is 0.355 e. The molecule has 4 rings (SSSR count). The van der Waals surface area contributed by atoms with Crippen molar-refractivity contribution in [3.05, 3.63) is 59.8 Å². The van der Waals surface area contributed by atoms with Gasteiger partial charge in [0.1, 0.15) is 0 Å². The summed E-state index contributed by atoms with van der Waals surface area (Å²) >= 11 is 0. The van der Waals surface area contributed by atoms with Gasteiger partial charge in [0.25, 0.3) is 0 Å². The molecule has 20 heavy (non-hydrogen) atoms. The third-order valence-corrected chi connectivity index (χ3v) is 3.58. The van der Waals surface area contributed by atoms with Gasteiger partial charge in [0.15, 0.2) is 0 Å². The zero-order valence-corrected chi connectivity index (χ0v) is 12.0. The van der Waals surface area contributed by atoms with Crippen molar-refractivity contribution >= 4 is 33.8 Å². The van der Waals surface area contributed by atoms with Crippen LogP contribution in [0, 0.1) is 0 Å². The Hall–Kier alpha value is -2.28. The first kappa shape index (κ1) is 12.7. The fourth-order valence-electron chi connectivity index (χ4n) is 2.69. The summed E-state index contributed by atoms with van der Waals surface area (Å²) in [6.45, 7) is 4.00. The van der Waals surface area contributed by atoms with E-state index in [4.69, 9.17) is 0 Å². The van der Waals surface area contributed by atoms with Crippen LogP contribution in [0.15, 0.2) is 48.6 Å². The van der Waals surface area contributed by atoms with Crippen LogP contribution in [0.4, 0.5) is 0 Å². The number of aromatic nitrogens is 1. The topological polar surface area (TPSA) is 15.8 Å². The quantitative estimate of drug-likeness (QED) is 0.528. The lowest BCUT2D eigenvalue weighted by Crippen LogP contribution is -1.74. The Morgan fingerprint density at radius 2 is 1.60 bits per heavy atom. The highest BCUT2D eigenvalue weighted by Crippen LogP contribution is 2.30. The van der Waals surface area contributed by atoms with Crippen molar-refractivity contribution in [3.8, 4) is 0 Å². The van der Waals surface area contributed by atoms with Gasteiger partial charge in [-0.25, -0.2) is 0 Å². The Balaban J connectivity index is 0.000000581. The summed E-state index contributed by atoms with van der Waals surface area (Å²) in [5, 5.41) is 3.90. The molecule has 1 heterocycles. The number of benzene rings is 2. The van der Waals surface area contributed by atoms with Crippen molar-refractivity contribution in [1.82, 2.24) is 4.98 Å². The van der Waals surface area contributed by atoms with E-state index in [1.165, 1.54) is 32.9 Å². The van der Waals surface area contributed by atoms with Gasteiger partial charge in [-0.2, -0.15) is 0 Å². The smallest absolute Gasteiger partial charge is 0.0471 e. The molecule has 1 heteroatoms. The summed E-state index contributed by atoms with van der Waals surface area (Å²) in [5.41, 5.74) is 3.74. The number of fused-ring (bicyclic) bond motifs is 4. The molecule has 1 N–H and O–H groups in total. The zero-order valence-electron chi connectivity index (χ0n) is 12.0. The van der Waals surface area contributed by atoms with Gasteiger partial charge in [-0.15, -0.1) is 0 Å². The van der Waals surface area contributed by atoms with E-state index in [-0.39, 0.29) is 0 Å². The van der Waals surface area contributed by atoms with Crippen molar-refractivity contribution in [1.29, 1.82) is 0 Å². The molecule has 0 bridgehead atoms. The number of H-pyrrole nitrogens is 1. The molecule has 1 aliphatic carbocycles. The monoisotopic (exact) mass is 261 g/mol. The second-order valence-electron chi connectivity index (χ2n) is 4.74. The molecule has 1 nitrogen and oxygen atoms in total. The molecular weight excluding hydrogens is 242 g/mol. The number of nitrogens with one attached hydrogen (secondary N) is 1. The lowest BCUT2D eigenvalue weighted by atomic mass is 10.0. The van der Waals surface area contributed by atoms with Crippen LogP contribution in [-0.2, 0) is 0 Å². The third kappa shape index (κ3) is 2.05. The minimum atomic E-state index is 1.01. The first-order chi connectivity index (χ1) is 9.92. The van der Waals surface area contributed by atoms with Gasteiger partial charge in [-0.1, -0.05) is 56.3 Å². The fraction of sp³-hybridized carbons (Fsp3) is 0.158. The molecule has 3 aromatic rings. The Bertz CT molecular complexity index is 803. The van der Waals surface area contributed by atoms with E-state index < -0.39 is 0 Å². The Kier molecular flexibility index (Phi) is 3.42. The molecule has 0 unspecified atom stereocenters. The third-order valence-electron chi connectivity index (χ3n) is 3.58. The minimum Gasteiger partial charge on any atom is -0.355 e. The molecule has 0 spiro atoms. The standard InChI is InChI=1S/C17H13N.C2H6/c1-2-8-14-15-10-12-6-4-5-7-13(12)11-17(15)18-16(14)9-3-1;1-2/h2-11,18H,1H2;1-2H3. The highest BCUT2D eigenvalue weighted by Gasteiger charge is 2.09. The molecule has 100 valence electrons. The van der Waals surface area contributed by atoms with Crippen LogP contribution in [0.25, 0.3) is 33.8 Å². The second-order valence-corrected chi connectivity index (χ2v) is 4.74. The highest BCUT2D eigenvalue weighted by molar-refractivity contribution is 6.02. The van der Waals surface area contributed by atoms with Crippen LogP contribution in [0.1, 0.15) is 31.5 Å². The number of aromatic amines is 1. The minimum absolute atomic E-state index is 1.01. The number of allylic oxidation sites excluding steroid dienone is 2. The van der Waals surface area contributed by atoms with Crippen LogP contribution in [0.2, 0.25) is 0 Å². The van der Waals surface area contributed by atoms with E-state index in [2.05, 4.69) is 65.7 Å². The average molecular weight is 261 g/mol. The maximum atomic E-state index is 3.51. The molecule has 0 amide bonds. The van der Waals surface area contributed by atoms with Crippen LogP contribution in [0.3, 0.4) is 0 Å². The van der Waals surface area contributed by atoms with Gasteiger partial charge in [0.05, 0.1) is 0 Å². The maximum Gasteiger partial charge on any atom is 0.0471 e.